The number of rotatable bonds is 26. The van der Waals surface area contributed by atoms with Gasteiger partial charge in [-0.25, -0.2) is 4.79 Å². The SMILES string of the molecule is C/C=C(/NC(=O)[C@@H](NC(=O)CNC(=O)C(C)C(O)/C=C\C(C)=C\C(C)CC)[C@@H](C)O)C(=O)N[C@H](C(=O)N[C@H]1C(=O)N[C@H](COC)C(=O)NCC(=O)N[C@@H](C)C(=O)N(C)[C@@H]([C@@H](C)O)C(=O)N[C@H]([C@H](OC)c2ccc(O)cc2)C(=O)N2CCCC[C@H]2C(=O)O[C@@H]1C(C)C)[C@@H](C)[C@@H](C)C(N)=O. The van der Waals surface area contributed by atoms with Crippen molar-refractivity contribution in [1.82, 2.24) is 57.7 Å². The highest BCUT2D eigenvalue weighted by molar-refractivity contribution is 6.03. The second-order valence-electron chi connectivity index (χ2n) is 25.2. The highest BCUT2D eigenvalue weighted by atomic mass is 16.5. The minimum Gasteiger partial charge on any atom is -0.508 e. The van der Waals surface area contributed by atoms with Crippen LogP contribution in [0.4, 0.5) is 0 Å². The Bertz CT molecular complexity index is 3080. The topological polar surface area (TPSA) is 471 Å². The van der Waals surface area contributed by atoms with Crippen molar-refractivity contribution < 1.29 is 97.0 Å². The number of fused-ring (bicyclic) bond motifs is 1. The number of phenolic OH excluding ortho intramolecular Hbond substituents is 1. The van der Waals surface area contributed by atoms with E-state index in [0.717, 1.165) is 34.8 Å². The molecule has 0 saturated carbocycles. The van der Waals surface area contributed by atoms with E-state index < -0.39 is 205 Å². The number of aliphatic hydroxyl groups is 3. The van der Waals surface area contributed by atoms with E-state index in [9.17, 15) is 63.6 Å². The fourth-order valence-electron chi connectivity index (χ4n) is 10.8. The molecule has 32 nitrogen and oxygen atoms in total. The summed E-state index contributed by atoms with van der Waals surface area (Å²) < 4.78 is 17.3. The fraction of sp³-hybridized carbons (Fsp3) is 0.621. The molecule has 2 aliphatic rings. The average molecular weight is 1380 g/mol. The van der Waals surface area contributed by atoms with Gasteiger partial charge in [-0.15, -0.1) is 0 Å². The normalized spacial score (nSPS) is 23.9. The minimum absolute atomic E-state index is 0.0765. The lowest BCUT2D eigenvalue weighted by Crippen LogP contribution is -2.64. The van der Waals surface area contributed by atoms with Gasteiger partial charge in [0.1, 0.15) is 72.0 Å². The lowest BCUT2D eigenvalue weighted by Gasteiger charge is -2.40. The number of carbonyl (C=O) groups excluding carboxylic acids is 13. The largest absolute Gasteiger partial charge is 0.508 e. The molecule has 12 amide bonds. The smallest absolute Gasteiger partial charge is 0.329 e. The minimum atomic E-state index is -2.08. The van der Waals surface area contributed by atoms with Crippen molar-refractivity contribution in [2.45, 2.75) is 188 Å². The molecule has 3 rings (SSSR count). The molecule has 2 aliphatic heterocycles. The van der Waals surface area contributed by atoms with Gasteiger partial charge < -0.3 is 98.0 Å². The number of amides is 12. The van der Waals surface area contributed by atoms with E-state index in [4.69, 9.17) is 19.9 Å². The van der Waals surface area contributed by atoms with E-state index in [1.54, 1.807) is 6.08 Å². The Labute approximate surface area is 571 Å². The zero-order valence-corrected chi connectivity index (χ0v) is 58.5. The summed E-state index contributed by atoms with van der Waals surface area (Å²) in [6, 6.07) is -8.52. The molecule has 1 aromatic rings. The van der Waals surface area contributed by atoms with Crippen molar-refractivity contribution in [2.75, 3.05) is 47.5 Å². The number of esters is 1. The Morgan fingerprint density at radius 2 is 1.46 bits per heavy atom. The van der Waals surface area contributed by atoms with Gasteiger partial charge in [-0.2, -0.15) is 0 Å². The van der Waals surface area contributed by atoms with Crippen molar-refractivity contribution in [1.29, 1.82) is 0 Å². The highest BCUT2D eigenvalue weighted by Crippen LogP contribution is 2.29. The van der Waals surface area contributed by atoms with Gasteiger partial charge in [-0.1, -0.05) is 96.9 Å². The number of nitrogens with two attached hydrogens (primary N) is 1. The summed E-state index contributed by atoms with van der Waals surface area (Å²) in [7, 11) is 3.56. The first kappa shape index (κ1) is 83.4. The summed E-state index contributed by atoms with van der Waals surface area (Å²) >= 11 is 0. The maximum absolute atomic E-state index is 15.3. The summed E-state index contributed by atoms with van der Waals surface area (Å²) in [6.07, 6.45) is -0.0199. The number of aliphatic hydroxyl groups excluding tert-OH is 3. The van der Waals surface area contributed by atoms with Crippen LogP contribution in [-0.4, -0.2) is 227 Å². The Balaban J connectivity index is 2.16. The molecular weight excluding hydrogens is 1280 g/mol. The van der Waals surface area contributed by atoms with Crippen LogP contribution in [0, 0.1) is 29.6 Å². The highest BCUT2D eigenvalue weighted by Gasteiger charge is 2.47. The van der Waals surface area contributed by atoms with Gasteiger partial charge in [0.2, 0.25) is 65.0 Å². The van der Waals surface area contributed by atoms with Gasteiger partial charge in [-0.05, 0) is 89.3 Å². The van der Waals surface area contributed by atoms with Crippen molar-refractivity contribution in [2.24, 2.45) is 35.3 Å². The number of piperidine rings is 1. The predicted molar refractivity (Wildman–Crippen MR) is 354 cm³/mol. The molecule has 2 heterocycles. The fourth-order valence-corrected chi connectivity index (χ4v) is 10.8. The van der Waals surface area contributed by atoms with E-state index in [0.29, 0.717) is 12.8 Å². The van der Waals surface area contributed by atoms with E-state index >= 15 is 19.2 Å². The van der Waals surface area contributed by atoms with Crippen LogP contribution < -0.4 is 53.6 Å². The van der Waals surface area contributed by atoms with Gasteiger partial charge in [0.05, 0.1) is 43.9 Å². The standard InChI is InChI=1S/C66H102N12O20/c1-16-33(5)28-34(6)21-26-46(82)37(9)57(86)68-30-48(84)73-50(39(11)79)61(90)71-43(17-2)59(88)74-49(35(7)36(8)56(67)85)60(89)75-51-54(32(3)4)98-66(95)45-20-18-19-27-78(45)65(94)52(55(97-15)41-22-24-42(81)25-23-41)76-63(92)53(40(12)80)77(13)64(93)38(10)70-47(83)29-69-58(87)44(31-96-14)72-62(51)91/h17,21-26,28,32-33,35-40,44-46,49-55,79-82H,16,18-20,27,29-31H2,1-15H3,(H2,67,85)(H,68,86)(H,69,87)(H,70,83)(H,71,90)(H,72,91)(H,73,84)(H,74,88)(H,75,89)(H,76,92)/b26-21-,34-28+,43-17+/t33?,35-,36+,37?,38-,39+,40+,44+,45-,46?,49-,50-,51+,52+,53-,54+,55+/m0/s1. The lowest BCUT2D eigenvalue weighted by molar-refractivity contribution is -0.168. The molecule has 0 bridgehead atoms. The van der Waals surface area contributed by atoms with Crippen LogP contribution in [0.2, 0.25) is 0 Å². The van der Waals surface area contributed by atoms with E-state index in [-0.39, 0.29) is 30.2 Å². The van der Waals surface area contributed by atoms with Crippen LogP contribution in [0.3, 0.4) is 0 Å². The summed E-state index contributed by atoms with van der Waals surface area (Å²) in [5.41, 5.74) is 6.26. The first-order valence-electron chi connectivity index (χ1n) is 32.6. The third-order valence-electron chi connectivity index (χ3n) is 17.1. The molecule has 98 heavy (non-hydrogen) atoms. The number of phenols is 1. The molecule has 0 spiro atoms. The number of benzene rings is 1. The van der Waals surface area contributed by atoms with Crippen molar-refractivity contribution >= 4 is 76.9 Å². The van der Waals surface area contributed by atoms with Crippen molar-refractivity contribution in [3.8, 4) is 5.75 Å². The van der Waals surface area contributed by atoms with Crippen LogP contribution in [0.25, 0.3) is 0 Å². The summed E-state index contributed by atoms with van der Waals surface area (Å²) in [4.78, 5) is 186. The maximum atomic E-state index is 15.3. The Kier molecular flexibility index (Phi) is 33.6. The predicted octanol–water partition coefficient (Wildman–Crippen LogP) is -2.24. The Morgan fingerprint density at radius 3 is 2.02 bits per heavy atom. The second kappa shape index (κ2) is 39.5. The number of likely N-dealkylation sites (N-methyl/N-ethyl adjacent to an activating group) is 1. The molecule has 1 aromatic carbocycles. The molecule has 0 radical (unpaired) electrons. The van der Waals surface area contributed by atoms with Gasteiger partial charge in [0.25, 0.3) is 5.91 Å². The molecule has 32 heteroatoms. The zero-order valence-electron chi connectivity index (χ0n) is 58.5. The van der Waals surface area contributed by atoms with Crippen LogP contribution in [0.1, 0.15) is 120 Å². The number of ether oxygens (including phenoxy) is 3. The number of nitrogens with zero attached hydrogens (tertiary/aromatic N) is 2. The van der Waals surface area contributed by atoms with E-state index in [1.165, 1.54) is 107 Å². The van der Waals surface area contributed by atoms with Crippen molar-refractivity contribution in [3.05, 3.63) is 65.4 Å². The molecule has 3 unspecified atom stereocenters. The van der Waals surface area contributed by atoms with Gasteiger partial charge in [0.15, 0.2) is 0 Å². The second-order valence-corrected chi connectivity index (χ2v) is 25.2. The number of cyclic esters (lactones) is 1. The molecule has 2 fully saturated rings. The van der Waals surface area contributed by atoms with Crippen LogP contribution >= 0.6 is 0 Å². The average Bonchev–Trinajstić information content (AvgIpc) is 0.802. The number of allylic oxidation sites excluding steroid dienone is 4. The molecule has 0 aliphatic carbocycles. The Hall–Kier alpha value is -8.85. The molecular formula is C66H102N12O20. The van der Waals surface area contributed by atoms with Crippen LogP contribution in [0.15, 0.2) is 59.8 Å². The zero-order chi connectivity index (χ0) is 74.2. The van der Waals surface area contributed by atoms with E-state index in [1.807, 2.05) is 26.8 Å². The molecule has 15 N–H and O–H groups in total. The number of hydrogen-bond acceptors (Lipinski definition) is 20. The first-order valence-corrected chi connectivity index (χ1v) is 32.6. The monoisotopic (exact) mass is 1380 g/mol. The summed E-state index contributed by atoms with van der Waals surface area (Å²) in [5, 5.41) is 64.4. The van der Waals surface area contributed by atoms with E-state index in [2.05, 4.69) is 47.9 Å². The van der Waals surface area contributed by atoms with Gasteiger partial charge in [0, 0.05) is 33.7 Å². The number of carbonyl (C=O) groups is 13. The van der Waals surface area contributed by atoms with Crippen molar-refractivity contribution in [3.63, 3.8) is 0 Å². The van der Waals surface area contributed by atoms with Gasteiger partial charge in [-0.3, -0.25) is 57.5 Å². The number of aromatic hydroxyl groups is 1. The third kappa shape index (κ3) is 24.0. The lowest BCUT2D eigenvalue weighted by atomic mass is 9.87. The van der Waals surface area contributed by atoms with Crippen LogP contribution in [-0.2, 0) is 76.5 Å². The van der Waals surface area contributed by atoms with Crippen LogP contribution in [0.5, 0.6) is 5.75 Å². The molecule has 0 aromatic heterocycles. The number of primary amides is 1. The number of nitrogens with one attached hydrogen (secondary N) is 9. The maximum Gasteiger partial charge on any atom is 0.329 e. The summed E-state index contributed by atoms with van der Waals surface area (Å²) in [6.45, 7) is 15.6. The first-order chi connectivity index (χ1) is 46.0. The molecule has 2 saturated heterocycles. The quantitative estimate of drug-likeness (QED) is 0.0265. The summed E-state index contributed by atoms with van der Waals surface area (Å²) in [5.74, 6) is -18.1. The number of methoxy groups -OCH3 is 2. The third-order valence-corrected chi connectivity index (χ3v) is 17.1. The molecule has 17 atom stereocenters. The van der Waals surface area contributed by atoms with Gasteiger partial charge >= 0.3 is 5.97 Å². The molecule has 546 valence electrons. The number of hydrogen-bond donors (Lipinski definition) is 14. The Morgan fingerprint density at radius 1 is 0.816 bits per heavy atom.